The number of carbonyl (C=O) groups excluding carboxylic acids is 2. The molecule has 2 heterocycles. The molecular formula is C19H22N2O5S. The van der Waals surface area contributed by atoms with Crippen molar-refractivity contribution in [2.45, 2.75) is 26.9 Å². The first-order valence-electron chi connectivity index (χ1n) is 8.77. The molecule has 144 valence electrons. The first kappa shape index (κ1) is 19.3. The SMILES string of the molecule is CCOCCOC(=O)CN1C(=O)C(C)Oc2ccc(-c3csc(C)n3)cc21. The molecule has 1 aliphatic rings. The molecule has 0 N–H and O–H groups in total. The van der Waals surface area contributed by atoms with E-state index in [1.54, 1.807) is 24.3 Å². The Balaban J connectivity index is 1.81. The molecule has 1 aromatic carbocycles. The average molecular weight is 390 g/mol. The molecule has 0 saturated heterocycles. The van der Waals surface area contributed by atoms with E-state index >= 15 is 0 Å². The summed E-state index contributed by atoms with van der Waals surface area (Å²) in [7, 11) is 0. The van der Waals surface area contributed by atoms with Crippen LogP contribution in [-0.4, -0.2) is 49.3 Å². The van der Waals surface area contributed by atoms with Crippen LogP contribution in [0, 0.1) is 6.92 Å². The number of rotatable bonds is 7. The Hall–Kier alpha value is -2.45. The van der Waals surface area contributed by atoms with Crippen molar-refractivity contribution in [3.05, 3.63) is 28.6 Å². The van der Waals surface area contributed by atoms with Gasteiger partial charge in [0.05, 0.1) is 23.0 Å². The van der Waals surface area contributed by atoms with E-state index in [4.69, 9.17) is 14.2 Å². The molecule has 7 nitrogen and oxygen atoms in total. The number of aryl methyl sites for hydroxylation is 1. The summed E-state index contributed by atoms with van der Waals surface area (Å²) in [6.45, 7) is 6.34. The fraction of sp³-hybridized carbons (Fsp3) is 0.421. The summed E-state index contributed by atoms with van der Waals surface area (Å²) in [4.78, 5) is 30.7. The van der Waals surface area contributed by atoms with Crippen LogP contribution >= 0.6 is 11.3 Å². The number of thiazole rings is 1. The van der Waals surface area contributed by atoms with Gasteiger partial charge in [-0.3, -0.25) is 14.5 Å². The van der Waals surface area contributed by atoms with Gasteiger partial charge in [0.2, 0.25) is 0 Å². The molecule has 27 heavy (non-hydrogen) atoms. The number of hydrogen-bond acceptors (Lipinski definition) is 7. The number of aromatic nitrogens is 1. The molecule has 8 heteroatoms. The summed E-state index contributed by atoms with van der Waals surface area (Å²) in [6, 6.07) is 5.52. The van der Waals surface area contributed by atoms with Gasteiger partial charge < -0.3 is 14.2 Å². The van der Waals surface area contributed by atoms with Gasteiger partial charge in [-0.2, -0.15) is 0 Å². The van der Waals surface area contributed by atoms with Crippen molar-refractivity contribution in [3.8, 4) is 17.0 Å². The number of ether oxygens (including phenoxy) is 3. The minimum absolute atomic E-state index is 0.158. The molecule has 1 atom stereocenters. The quantitative estimate of drug-likeness (QED) is 0.534. The van der Waals surface area contributed by atoms with Gasteiger partial charge in [0.25, 0.3) is 5.91 Å². The third-order valence-electron chi connectivity index (χ3n) is 4.06. The molecule has 1 amide bonds. The minimum atomic E-state index is -0.666. The van der Waals surface area contributed by atoms with Crippen molar-refractivity contribution in [1.82, 2.24) is 4.98 Å². The van der Waals surface area contributed by atoms with Crippen LogP contribution in [0.4, 0.5) is 5.69 Å². The van der Waals surface area contributed by atoms with Gasteiger partial charge in [0, 0.05) is 17.6 Å². The molecule has 0 saturated carbocycles. The van der Waals surface area contributed by atoms with Crippen molar-refractivity contribution in [3.63, 3.8) is 0 Å². The highest BCUT2D eigenvalue weighted by Gasteiger charge is 2.33. The molecule has 2 aromatic rings. The van der Waals surface area contributed by atoms with Crippen LogP contribution in [0.2, 0.25) is 0 Å². The van der Waals surface area contributed by atoms with E-state index in [0.29, 0.717) is 24.7 Å². The number of carbonyl (C=O) groups is 2. The summed E-state index contributed by atoms with van der Waals surface area (Å²) < 4.78 is 16.0. The topological polar surface area (TPSA) is 78.0 Å². The number of fused-ring (bicyclic) bond motifs is 1. The molecule has 0 aliphatic carbocycles. The highest BCUT2D eigenvalue weighted by molar-refractivity contribution is 7.09. The number of nitrogens with zero attached hydrogens (tertiary/aromatic N) is 2. The van der Waals surface area contributed by atoms with E-state index in [9.17, 15) is 9.59 Å². The zero-order valence-electron chi connectivity index (χ0n) is 15.6. The number of anilines is 1. The maximum Gasteiger partial charge on any atom is 0.326 e. The van der Waals surface area contributed by atoms with Crippen LogP contribution < -0.4 is 9.64 Å². The predicted molar refractivity (Wildman–Crippen MR) is 102 cm³/mol. The number of hydrogen-bond donors (Lipinski definition) is 0. The first-order chi connectivity index (χ1) is 13.0. The second-order valence-electron chi connectivity index (χ2n) is 6.04. The lowest BCUT2D eigenvalue weighted by Gasteiger charge is -2.32. The summed E-state index contributed by atoms with van der Waals surface area (Å²) in [5.41, 5.74) is 2.23. The lowest BCUT2D eigenvalue weighted by molar-refractivity contribution is -0.144. The largest absolute Gasteiger partial charge is 0.479 e. The maximum atomic E-state index is 12.6. The van der Waals surface area contributed by atoms with Crippen molar-refractivity contribution in [1.29, 1.82) is 0 Å². The monoisotopic (exact) mass is 390 g/mol. The smallest absolute Gasteiger partial charge is 0.326 e. The van der Waals surface area contributed by atoms with Crippen LogP contribution in [0.3, 0.4) is 0 Å². The Morgan fingerprint density at radius 2 is 2.19 bits per heavy atom. The molecular weight excluding hydrogens is 368 g/mol. The van der Waals surface area contributed by atoms with Gasteiger partial charge in [0.1, 0.15) is 18.9 Å². The van der Waals surface area contributed by atoms with Crippen molar-refractivity contribution >= 4 is 28.9 Å². The van der Waals surface area contributed by atoms with Crippen molar-refractivity contribution in [2.24, 2.45) is 0 Å². The van der Waals surface area contributed by atoms with Crippen LogP contribution in [0.25, 0.3) is 11.3 Å². The van der Waals surface area contributed by atoms with Gasteiger partial charge in [-0.05, 0) is 39.0 Å². The fourth-order valence-electron chi connectivity index (χ4n) is 2.76. The maximum absolute atomic E-state index is 12.6. The molecule has 0 bridgehead atoms. The zero-order chi connectivity index (χ0) is 19.4. The third-order valence-corrected chi connectivity index (χ3v) is 4.84. The van der Waals surface area contributed by atoms with Crippen LogP contribution in [-0.2, 0) is 19.1 Å². The van der Waals surface area contributed by atoms with Gasteiger partial charge in [-0.25, -0.2) is 4.98 Å². The van der Waals surface area contributed by atoms with E-state index in [1.807, 2.05) is 31.4 Å². The lowest BCUT2D eigenvalue weighted by atomic mass is 10.1. The average Bonchev–Trinajstić information content (AvgIpc) is 3.09. The van der Waals surface area contributed by atoms with Crippen molar-refractivity contribution in [2.75, 3.05) is 31.3 Å². The second-order valence-corrected chi connectivity index (χ2v) is 7.10. The Labute approximate surface area is 161 Å². The summed E-state index contributed by atoms with van der Waals surface area (Å²) >= 11 is 1.55. The molecule has 1 aliphatic heterocycles. The fourth-order valence-corrected chi connectivity index (χ4v) is 3.38. The zero-order valence-corrected chi connectivity index (χ0v) is 16.4. The van der Waals surface area contributed by atoms with E-state index in [0.717, 1.165) is 16.3 Å². The van der Waals surface area contributed by atoms with Gasteiger partial charge in [0.15, 0.2) is 6.10 Å². The molecule has 1 unspecified atom stereocenters. The van der Waals surface area contributed by atoms with E-state index in [1.165, 1.54) is 4.90 Å². The summed E-state index contributed by atoms with van der Waals surface area (Å²) in [5.74, 6) is -0.214. The van der Waals surface area contributed by atoms with E-state index in [-0.39, 0.29) is 19.1 Å². The van der Waals surface area contributed by atoms with Gasteiger partial charge in [-0.1, -0.05) is 0 Å². The Bertz CT molecular complexity index is 835. The molecule has 3 rings (SSSR count). The van der Waals surface area contributed by atoms with E-state index < -0.39 is 12.1 Å². The van der Waals surface area contributed by atoms with Crippen molar-refractivity contribution < 1.29 is 23.8 Å². The normalized spacial score (nSPS) is 16.0. The lowest BCUT2D eigenvalue weighted by Crippen LogP contribution is -2.47. The van der Waals surface area contributed by atoms with Crippen LogP contribution in [0.15, 0.2) is 23.6 Å². The van der Waals surface area contributed by atoms with Crippen LogP contribution in [0.1, 0.15) is 18.9 Å². The van der Waals surface area contributed by atoms with Gasteiger partial charge in [-0.15, -0.1) is 11.3 Å². The third kappa shape index (κ3) is 4.45. The summed E-state index contributed by atoms with van der Waals surface area (Å²) in [5, 5.41) is 2.91. The molecule has 1 aromatic heterocycles. The molecule has 0 radical (unpaired) electrons. The number of benzene rings is 1. The second kappa shape index (κ2) is 8.49. The standard InChI is InChI=1S/C19H22N2O5S/c1-4-24-7-8-25-18(22)10-21-16-9-14(15-11-27-13(3)20-15)5-6-17(16)26-12(2)19(21)23/h5-6,9,11-12H,4,7-8,10H2,1-3H3. The van der Waals surface area contributed by atoms with Gasteiger partial charge >= 0.3 is 5.97 Å². The highest BCUT2D eigenvalue weighted by Crippen LogP contribution is 2.37. The Kier molecular flexibility index (Phi) is 6.08. The minimum Gasteiger partial charge on any atom is -0.479 e. The van der Waals surface area contributed by atoms with E-state index in [2.05, 4.69) is 4.98 Å². The Morgan fingerprint density at radius 1 is 1.37 bits per heavy atom. The van der Waals surface area contributed by atoms with Crippen LogP contribution in [0.5, 0.6) is 5.75 Å². The predicted octanol–water partition coefficient (Wildman–Crippen LogP) is 2.81. The molecule has 0 fully saturated rings. The Morgan fingerprint density at radius 3 is 2.89 bits per heavy atom. The highest BCUT2D eigenvalue weighted by atomic mass is 32.1. The number of amides is 1. The number of esters is 1. The first-order valence-corrected chi connectivity index (χ1v) is 9.65. The summed E-state index contributed by atoms with van der Waals surface area (Å²) in [6.07, 6.45) is -0.666. The molecule has 0 spiro atoms.